The number of fused-ring (bicyclic) bond motifs is 1. The summed E-state index contributed by atoms with van der Waals surface area (Å²) in [6, 6.07) is 4.01. The van der Waals surface area contributed by atoms with Crippen molar-refractivity contribution in [3.05, 3.63) is 24.0 Å². The molecule has 1 N–H and O–H groups in total. The van der Waals surface area contributed by atoms with E-state index in [1.54, 1.807) is 6.20 Å². The second kappa shape index (κ2) is 6.22. The summed E-state index contributed by atoms with van der Waals surface area (Å²) in [5.41, 5.74) is 1.83. The summed E-state index contributed by atoms with van der Waals surface area (Å²) >= 11 is 0. The predicted molar refractivity (Wildman–Crippen MR) is 85.2 cm³/mol. The number of ether oxygens (including phenoxy) is 1. The van der Waals surface area contributed by atoms with Crippen LogP contribution < -0.4 is 4.90 Å². The first-order valence-corrected chi connectivity index (χ1v) is 7.91. The van der Waals surface area contributed by atoms with Crippen molar-refractivity contribution >= 4 is 11.5 Å². The van der Waals surface area contributed by atoms with E-state index in [9.17, 15) is 5.11 Å². The van der Waals surface area contributed by atoms with Crippen LogP contribution in [0.15, 0.2) is 18.3 Å². The molecule has 0 amide bonds. The molecule has 22 heavy (non-hydrogen) atoms. The maximum Gasteiger partial charge on any atom is 0.157 e. The third-order valence-corrected chi connectivity index (χ3v) is 4.61. The topological polar surface area (TPSA) is 62.9 Å². The van der Waals surface area contributed by atoms with Gasteiger partial charge in [0.15, 0.2) is 5.65 Å². The molecule has 1 aliphatic heterocycles. The normalized spacial score (nSPS) is 17.8. The molecular weight excluding hydrogens is 280 g/mol. The fourth-order valence-electron chi connectivity index (χ4n) is 3.15. The molecule has 1 aliphatic rings. The van der Waals surface area contributed by atoms with E-state index in [0.717, 1.165) is 56.2 Å². The summed E-state index contributed by atoms with van der Waals surface area (Å²) < 4.78 is 7.32. The fourth-order valence-corrected chi connectivity index (χ4v) is 3.15. The van der Waals surface area contributed by atoms with Crippen molar-refractivity contribution in [3.8, 4) is 0 Å². The molecule has 2 aromatic rings. The standard InChI is InChI=1S/C16H24N4O2/c1-3-13-10-15(20-14(18-13)4-7-17-20)19(2)11-16(12-21)5-8-22-9-6-16/h4,7,10,21H,3,5-6,8-9,11-12H2,1-2H3. The highest BCUT2D eigenvalue weighted by molar-refractivity contribution is 5.50. The van der Waals surface area contributed by atoms with Gasteiger partial charge < -0.3 is 14.7 Å². The van der Waals surface area contributed by atoms with Gasteiger partial charge in [-0.1, -0.05) is 6.92 Å². The van der Waals surface area contributed by atoms with Crippen molar-refractivity contribution in [1.82, 2.24) is 14.6 Å². The van der Waals surface area contributed by atoms with Gasteiger partial charge in [0.1, 0.15) is 5.82 Å². The molecule has 1 fully saturated rings. The third-order valence-electron chi connectivity index (χ3n) is 4.61. The van der Waals surface area contributed by atoms with Crippen molar-refractivity contribution in [1.29, 1.82) is 0 Å². The zero-order valence-corrected chi connectivity index (χ0v) is 13.3. The number of aromatic nitrogens is 3. The first-order valence-electron chi connectivity index (χ1n) is 7.91. The lowest BCUT2D eigenvalue weighted by Crippen LogP contribution is -2.43. The molecule has 0 unspecified atom stereocenters. The molecule has 6 heteroatoms. The van der Waals surface area contributed by atoms with Gasteiger partial charge in [-0.25, -0.2) is 4.98 Å². The van der Waals surface area contributed by atoms with Crippen LogP contribution in [0.1, 0.15) is 25.5 Å². The lowest BCUT2D eigenvalue weighted by Gasteiger charge is -2.39. The summed E-state index contributed by atoms with van der Waals surface area (Å²) in [5.74, 6) is 1.02. The minimum Gasteiger partial charge on any atom is -0.396 e. The molecule has 2 aromatic heterocycles. The second-order valence-electron chi connectivity index (χ2n) is 6.19. The number of hydrogen-bond acceptors (Lipinski definition) is 5. The van der Waals surface area contributed by atoms with Crippen molar-refractivity contribution in [2.45, 2.75) is 26.2 Å². The highest BCUT2D eigenvalue weighted by atomic mass is 16.5. The van der Waals surface area contributed by atoms with Crippen molar-refractivity contribution < 1.29 is 9.84 Å². The maximum atomic E-state index is 9.89. The SMILES string of the molecule is CCc1cc(N(C)CC2(CO)CCOCC2)n2nccc2n1. The van der Waals surface area contributed by atoms with Gasteiger partial charge in [0.25, 0.3) is 0 Å². The van der Waals surface area contributed by atoms with Crippen LogP contribution in [-0.4, -0.2) is 53.1 Å². The van der Waals surface area contributed by atoms with Gasteiger partial charge in [0.05, 0.1) is 12.8 Å². The Kier molecular flexibility index (Phi) is 4.31. The van der Waals surface area contributed by atoms with E-state index >= 15 is 0 Å². The monoisotopic (exact) mass is 304 g/mol. The van der Waals surface area contributed by atoms with E-state index in [1.807, 2.05) is 10.6 Å². The molecular formula is C16H24N4O2. The first kappa shape index (κ1) is 15.2. The molecule has 3 rings (SSSR count). The van der Waals surface area contributed by atoms with Gasteiger partial charge in [-0.3, -0.25) is 0 Å². The largest absolute Gasteiger partial charge is 0.396 e. The minimum absolute atomic E-state index is 0.0951. The fraction of sp³-hybridized carbons (Fsp3) is 0.625. The molecule has 120 valence electrons. The Hall–Kier alpha value is -1.66. The molecule has 6 nitrogen and oxygen atoms in total. The molecule has 3 heterocycles. The van der Waals surface area contributed by atoms with Crippen LogP contribution in [-0.2, 0) is 11.2 Å². The molecule has 0 aliphatic carbocycles. The van der Waals surface area contributed by atoms with E-state index in [1.165, 1.54) is 0 Å². The number of hydrogen-bond donors (Lipinski definition) is 1. The number of aliphatic hydroxyl groups excluding tert-OH is 1. The number of rotatable bonds is 5. The Morgan fingerprint density at radius 1 is 1.41 bits per heavy atom. The molecule has 0 atom stereocenters. The van der Waals surface area contributed by atoms with E-state index < -0.39 is 0 Å². The van der Waals surface area contributed by atoms with Gasteiger partial charge in [0, 0.05) is 50.0 Å². The maximum absolute atomic E-state index is 9.89. The summed E-state index contributed by atoms with van der Waals surface area (Å²) in [7, 11) is 2.06. The summed E-state index contributed by atoms with van der Waals surface area (Å²) in [4.78, 5) is 6.77. The zero-order valence-electron chi connectivity index (χ0n) is 13.3. The smallest absolute Gasteiger partial charge is 0.157 e. The van der Waals surface area contributed by atoms with Crippen LogP contribution in [0.4, 0.5) is 5.82 Å². The van der Waals surface area contributed by atoms with Gasteiger partial charge in [-0.15, -0.1) is 0 Å². The molecule has 0 aromatic carbocycles. The average Bonchev–Trinajstić information content (AvgIpc) is 3.03. The van der Waals surface area contributed by atoms with Crippen LogP contribution in [0.3, 0.4) is 0 Å². The van der Waals surface area contributed by atoms with Gasteiger partial charge in [-0.05, 0) is 19.3 Å². The molecule has 0 spiro atoms. The predicted octanol–water partition coefficient (Wildman–Crippen LogP) is 1.52. The lowest BCUT2D eigenvalue weighted by molar-refractivity contribution is -0.0114. The lowest BCUT2D eigenvalue weighted by atomic mass is 9.80. The van der Waals surface area contributed by atoms with Crippen LogP contribution in [0.2, 0.25) is 0 Å². The van der Waals surface area contributed by atoms with Gasteiger partial charge in [0.2, 0.25) is 0 Å². The Labute approximate surface area is 130 Å². The summed E-state index contributed by atoms with van der Waals surface area (Å²) in [6.07, 6.45) is 4.44. The molecule has 1 saturated heterocycles. The Bertz CT molecular complexity index is 634. The first-order chi connectivity index (χ1) is 10.7. The second-order valence-corrected chi connectivity index (χ2v) is 6.19. The van der Waals surface area contributed by atoms with Crippen molar-refractivity contribution in [2.75, 3.05) is 38.3 Å². The number of aryl methyl sites for hydroxylation is 1. The third kappa shape index (κ3) is 2.80. The van der Waals surface area contributed by atoms with Crippen molar-refractivity contribution in [3.63, 3.8) is 0 Å². The Morgan fingerprint density at radius 2 is 2.18 bits per heavy atom. The van der Waals surface area contributed by atoms with E-state index in [2.05, 4.69) is 35.0 Å². The Balaban J connectivity index is 1.90. The molecule has 0 bridgehead atoms. The molecule has 0 radical (unpaired) electrons. The molecule has 0 saturated carbocycles. The van der Waals surface area contributed by atoms with E-state index in [-0.39, 0.29) is 12.0 Å². The summed E-state index contributed by atoms with van der Waals surface area (Å²) in [5, 5.41) is 14.3. The number of nitrogens with zero attached hydrogens (tertiary/aromatic N) is 4. The van der Waals surface area contributed by atoms with Crippen LogP contribution in [0, 0.1) is 5.41 Å². The van der Waals surface area contributed by atoms with Crippen LogP contribution in [0.25, 0.3) is 5.65 Å². The highest BCUT2D eigenvalue weighted by Gasteiger charge is 2.33. The van der Waals surface area contributed by atoms with Gasteiger partial charge in [-0.2, -0.15) is 9.61 Å². The van der Waals surface area contributed by atoms with E-state index in [4.69, 9.17) is 4.74 Å². The van der Waals surface area contributed by atoms with Gasteiger partial charge >= 0.3 is 0 Å². The van der Waals surface area contributed by atoms with E-state index in [0.29, 0.717) is 0 Å². The van der Waals surface area contributed by atoms with Crippen LogP contribution in [0.5, 0.6) is 0 Å². The zero-order chi connectivity index (χ0) is 15.6. The number of anilines is 1. The Morgan fingerprint density at radius 3 is 2.86 bits per heavy atom. The van der Waals surface area contributed by atoms with Crippen LogP contribution >= 0.6 is 0 Å². The summed E-state index contributed by atoms with van der Waals surface area (Å²) in [6.45, 7) is 4.53. The number of aliphatic hydroxyl groups is 1. The minimum atomic E-state index is -0.0951. The average molecular weight is 304 g/mol. The van der Waals surface area contributed by atoms with Crippen molar-refractivity contribution in [2.24, 2.45) is 5.41 Å². The quantitative estimate of drug-likeness (QED) is 0.907. The highest BCUT2D eigenvalue weighted by Crippen LogP contribution is 2.32.